The van der Waals surface area contributed by atoms with Gasteiger partial charge in [0.2, 0.25) is 0 Å². The molecule has 0 aromatic heterocycles. The molecular weight excluding hydrogens is 222 g/mol. The summed E-state index contributed by atoms with van der Waals surface area (Å²) in [5, 5.41) is 12.8. The first-order chi connectivity index (χ1) is 8.13. The van der Waals surface area contributed by atoms with Gasteiger partial charge in [0.05, 0.1) is 25.9 Å². The fourth-order valence-electron chi connectivity index (χ4n) is 1.54. The molecule has 0 heterocycles. The normalized spacial score (nSPS) is 12.0. The summed E-state index contributed by atoms with van der Waals surface area (Å²) in [6.07, 6.45) is -0.737. The summed E-state index contributed by atoms with van der Waals surface area (Å²) < 4.78 is 9.77. The van der Waals surface area contributed by atoms with Crippen molar-refractivity contribution in [1.82, 2.24) is 5.32 Å². The van der Waals surface area contributed by atoms with Gasteiger partial charge in [-0.3, -0.25) is 0 Å². The Hall–Kier alpha value is -1.59. The number of nitrogens with one attached hydrogen (secondary N) is 1. The number of aliphatic hydroxyl groups is 1. The van der Waals surface area contributed by atoms with Crippen LogP contribution in [0.3, 0.4) is 0 Å². The zero-order valence-corrected chi connectivity index (χ0v) is 10.2. The second kappa shape index (κ2) is 6.22. The number of esters is 1. The van der Waals surface area contributed by atoms with E-state index in [0.717, 1.165) is 0 Å². The van der Waals surface area contributed by atoms with Gasteiger partial charge >= 0.3 is 5.97 Å². The van der Waals surface area contributed by atoms with Crippen molar-refractivity contribution in [3.05, 3.63) is 29.3 Å². The minimum Gasteiger partial charge on any atom is -0.496 e. The number of carbonyl (C=O) groups is 1. The van der Waals surface area contributed by atoms with Crippen molar-refractivity contribution >= 4 is 5.97 Å². The van der Waals surface area contributed by atoms with Crippen molar-refractivity contribution in [2.75, 3.05) is 27.8 Å². The molecule has 2 N–H and O–H groups in total. The monoisotopic (exact) mass is 239 g/mol. The lowest BCUT2D eigenvalue weighted by atomic mass is 10.0. The molecule has 0 aliphatic heterocycles. The third kappa shape index (κ3) is 3.18. The zero-order valence-electron chi connectivity index (χ0n) is 10.2. The van der Waals surface area contributed by atoms with Gasteiger partial charge in [-0.25, -0.2) is 4.79 Å². The second-order valence-electron chi connectivity index (χ2n) is 3.52. The van der Waals surface area contributed by atoms with E-state index in [1.54, 1.807) is 25.2 Å². The van der Waals surface area contributed by atoms with Crippen molar-refractivity contribution < 1.29 is 19.4 Å². The molecule has 0 fully saturated rings. The van der Waals surface area contributed by atoms with Gasteiger partial charge in [-0.15, -0.1) is 0 Å². The van der Waals surface area contributed by atoms with E-state index in [1.165, 1.54) is 14.2 Å². The number of likely N-dealkylation sites (N-methyl/N-ethyl adjacent to an activating group) is 1. The molecule has 0 spiro atoms. The number of ether oxygens (including phenoxy) is 2. The number of aliphatic hydroxyl groups excluding tert-OH is 1. The molecule has 5 heteroatoms. The summed E-state index contributed by atoms with van der Waals surface area (Å²) in [6, 6.07) is 4.81. The first-order valence-electron chi connectivity index (χ1n) is 5.23. The lowest BCUT2D eigenvalue weighted by Crippen LogP contribution is -2.17. The Labute approximate surface area is 100 Å². The van der Waals surface area contributed by atoms with Gasteiger partial charge in [0.15, 0.2) is 0 Å². The largest absolute Gasteiger partial charge is 0.496 e. The summed E-state index contributed by atoms with van der Waals surface area (Å²) in [5.74, 6) is 0.103. The third-order valence-electron chi connectivity index (χ3n) is 2.41. The maximum Gasteiger partial charge on any atom is 0.337 e. The fourth-order valence-corrected chi connectivity index (χ4v) is 1.54. The van der Waals surface area contributed by atoms with Gasteiger partial charge in [0.25, 0.3) is 0 Å². The molecule has 1 aromatic carbocycles. The zero-order chi connectivity index (χ0) is 12.8. The van der Waals surface area contributed by atoms with E-state index in [1.807, 2.05) is 0 Å². The van der Waals surface area contributed by atoms with Crippen molar-refractivity contribution in [3.63, 3.8) is 0 Å². The highest BCUT2D eigenvalue weighted by Crippen LogP contribution is 2.26. The molecule has 0 aliphatic rings. The number of hydrogen-bond donors (Lipinski definition) is 2. The molecule has 0 saturated carbocycles. The maximum atomic E-state index is 11.4. The van der Waals surface area contributed by atoms with Crippen LogP contribution in [0.5, 0.6) is 5.75 Å². The molecule has 1 atom stereocenters. The van der Waals surface area contributed by atoms with Gasteiger partial charge in [-0.05, 0) is 25.2 Å². The van der Waals surface area contributed by atoms with Gasteiger partial charge < -0.3 is 19.9 Å². The number of rotatable bonds is 5. The Balaban J connectivity index is 3.10. The minimum atomic E-state index is -0.737. The van der Waals surface area contributed by atoms with Crippen LogP contribution >= 0.6 is 0 Å². The van der Waals surface area contributed by atoms with Crippen LogP contribution < -0.4 is 10.1 Å². The second-order valence-corrected chi connectivity index (χ2v) is 3.52. The SMILES string of the molecule is CNCC(O)c1cc(C(=O)OC)ccc1OC. The topological polar surface area (TPSA) is 67.8 Å². The molecule has 1 aromatic rings. The molecule has 0 bridgehead atoms. The molecule has 0 saturated heterocycles. The minimum absolute atomic E-state index is 0.376. The Kier molecular flexibility index (Phi) is 4.93. The van der Waals surface area contributed by atoms with E-state index in [-0.39, 0.29) is 0 Å². The van der Waals surface area contributed by atoms with Crippen molar-refractivity contribution in [3.8, 4) is 5.75 Å². The van der Waals surface area contributed by atoms with Crippen molar-refractivity contribution in [1.29, 1.82) is 0 Å². The molecule has 17 heavy (non-hydrogen) atoms. The van der Waals surface area contributed by atoms with Crippen LogP contribution in [-0.2, 0) is 4.74 Å². The summed E-state index contributed by atoms with van der Waals surface area (Å²) in [6.45, 7) is 0.376. The van der Waals surface area contributed by atoms with Crippen LogP contribution in [0.15, 0.2) is 18.2 Å². The van der Waals surface area contributed by atoms with Gasteiger partial charge in [-0.2, -0.15) is 0 Å². The van der Waals surface area contributed by atoms with Crippen LogP contribution in [0.25, 0.3) is 0 Å². The number of methoxy groups -OCH3 is 2. The number of hydrogen-bond acceptors (Lipinski definition) is 5. The van der Waals surface area contributed by atoms with Crippen LogP contribution in [0, 0.1) is 0 Å². The Morgan fingerprint density at radius 3 is 2.71 bits per heavy atom. The van der Waals surface area contributed by atoms with Gasteiger partial charge in [-0.1, -0.05) is 0 Å². The highest BCUT2D eigenvalue weighted by molar-refractivity contribution is 5.89. The molecule has 1 unspecified atom stereocenters. The Morgan fingerprint density at radius 1 is 1.47 bits per heavy atom. The van der Waals surface area contributed by atoms with Gasteiger partial charge in [0, 0.05) is 12.1 Å². The van der Waals surface area contributed by atoms with E-state index in [9.17, 15) is 9.90 Å². The average Bonchev–Trinajstić information content (AvgIpc) is 2.37. The Bertz CT molecular complexity index is 392. The fraction of sp³-hybridized carbons (Fsp3) is 0.417. The van der Waals surface area contributed by atoms with E-state index < -0.39 is 12.1 Å². The number of carbonyl (C=O) groups excluding carboxylic acids is 1. The van der Waals surface area contributed by atoms with E-state index in [2.05, 4.69) is 10.1 Å². The summed E-state index contributed by atoms with van der Waals surface area (Å²) in [5.41, 5.74) is 0.947. The molecule has 0 amide bonds. The summed E-state index contributed by atoms with van der Waals surface area (Å²) >= 11 is 0. The summed E-state index contributed by atoms with van der Waals surface area (Å²) in [7, 11) is 4.57. The van der Waals surface area contributed by atoms with Crippen LogP contribution in [0.4, 0.5) is 0 Å². The predicted molar refractivity (Wildman–Crippen MR) is 63.2 cm³/mol. The van der Waals surface area contributed by atoms with Crippen LogP contribution in [-0.4, -0.2) is 38.9 Å². The highest BCUT2D eigenvalue weighted by atomic mass is 16.5. The standard InChI is InChI=1S/C12H17NO4/c1-13-7-10(14)9-6-8(12(15)17-3)4-5-11(9)16-2/h4-6,10,13-14H,7H2,1-3H3. The van der Waals surface area contributed by atoms with Crippen molar-refractivity contribution in [2.24, 2.45) is 0 Å². The first-order valence-corrected chi connectivity index (χ1v) is 5.23. The molecule has 94 valence electrons. The molecule has 5 nitrogen and oxygen atoms in total. The van der Waals surface area contributed by atoms with Crippen molar-refractivity contribution in [2.45, 2.75) is 6.10 Å². The lowest BCUT2D eigenvalue weighted by Gasteiger charge is -2.15. The van der Waals surface area contributed by atoms with Crippen LogP contribution in [0.2, 0.25) is 0 Å². The predicted octanol–water partition coefficient (Wildman–Crippen LogP) is 0.735. The first kappa shape index (κ1) is 13.5. The highest BCUT2D eigenvalue weighted by Gasteiger charge is 2.16. The lowest BCUT2D eigenvalue weighted by molar-refractivity contribution is 0.0600. The maximum absolute atomic E-state index is 11.4. The molecule has 0 aliphatic carbocycles. The summed E-state index contributed by atoms with van der Waals surface area (Å²) in [4.78, 5) is 11.4. The third-order valence-corrected chi connectivity index (χ3v) is 2.41. The average molecular weight is 239 g/mol. The van der Waals surface area contributed by atoms with E-state index in [0.29, 0.717) is 23.4 Å². The number of benzene rings is 1. The van der Waals surface area contributed by atoms with Crippen LogP contribution in [0.1, 0.15) is 22.0 Å². The Morgan fingerprint density at radius 2 is 2.18 bits per heavy atom. The molecule has 0 radical (unpaired) electrons. The molecular formula is C12H17NO4. The van der Waals surface area contributed by atoms with Gasteiger partial charge in [0.1, 0.15) is 5.75 Å². The van der Waals surface area contributed by atoms with E-state index >= 15 is 0 Å². The quantitative estimate of drug-likeness (QED) is 0.742. The molecule has 1 rings (SSSR count). The van der Waals surface area contributed by atoms with E-state index in [4.69, 9.17) is 4.74 Å². The smallest absolute Gasteiger partial charge is 0.337 e.